The minimum atomic E-state index is -0.374. The zero-order valence-electron chi connectivity index (χ0n) is 16.1. The molecule has 0 aliphatic heterocycles. The lowest BCUT2D eigenvalue weighted by Crippen LogP contribution is -2.31. The van der Waals surface area contributed by atoms with Gasteiger partial charge in [0, 0.05) is 30.4 Å². The van der Waals surface area contributed by atoms with Crippen LogP contribution in [0.15, 0.2) is 59.7 Å². The van der Waals surface area contributed by atoms with Crippen LogP contribution in [0.3, 0.4) is 0 Å². The third-order valence-corrected chi connectivity index (χ3v) is 4.57. The van der Waals surface area contributed by atoms with Crippen LogP contribution in [0, 0.1) is 13.8 Å². The summed E-state index contributed by atoms with van der Waals surface area (Å²) in [6.45, 7) is 3.67. The zero-order valence-corrected chi connectivity index (χ0v) is 16.1. The van der Waals surface area contributed by atoms with Crippen LogP contribution in [-0.2, 0) is 6.42 Å². The summed E-state index contributed by atoms with van der Waals surface area (Å²) in [6, 6.07) is 12.5. The summed E-state index contributed by atoms with van der Waals surface area (Å²) in [4.78, 5) is 37.9. The molecular weight excluding hydrogens is 368 g/mol. The number of nitrogens with zero attached hydrogens (tertiary/aromatic N) is 4. The largest absolute Gasteiger partial charge is 0.343 e. The number of rotatable bonds is 5. The predicted molar refractivity (Wildman–Crippen MR) is 108 cm³/mol. The van der Waals surface area contributed by atoms with Crippen molar-refractivity contribution in [2.24, 2.45) is 0 Å². The molecule has 3 aromatic heterocycles. The monoisotopic (exact) mass is 388 g/mol. The van der Waals surface area contributed by atoms with Crippen LogP contribution >= 0.6 is 0 Å². The fraction of sp³-hybridized carbons (Fsp3) is 0.190. The molecule has 0 radical (unpaired) electrons. The van der Waals surface area contributed by atoms with Gasteiger partial charge in [0.1, 0.15) is 5.69 Å². The lowest BCUT2D eigenvalue weighted by atomic mass is 10.0. The van der Waals surface area contributed by atoms with E-state index in [-0.39, 0.29) is 23.2 Å². The Balaban J connectivity index is 1.65. The number of carbonyl (C=O) groups excluding carboxylic acids is 1. The molecule has 8 heteroatoms. The molecule has 1 aromatic carbocycles. The normalized spacial score (nSPS) is 12.1. The smallest absolute Gasteiger partial charge is 0.272 e. The first-order chi connectivity index (χ1) is 14.0. The molecule has 0 aliphatic rings. The molecule has 0 saturated carbocycles. The van der Waals surface area contributed by atoms with Crippen molar-refractivity contribution >= 4 is 11.6 Å². The molecule has 0 spiro atoms. The molecule has 1 atom stereocenters. The summed E-state index contributed by atoms with van der Waals surface area (Å²) in [5.74, 6) is -0.332. The van der Waals surface area contributed by atoms with E-state index >= 15 is 0 Å². The van der Waals surface area contributed by atoms with Crippen LogP contribution in [0.25, 0.3) is 5.65 Å². The molecule has 4 rings (SSSR count). The van der Waals surface area contributed by atoms with Crippen LogP contribution in [-0.4, -0.2) is 30.5 Å². The highest BCUT2D eigenvalue weighted by molar-refractivity contribution is 5.92. The second kappa shape index (κ2) is 7.67. The minimum absolute atomic E-state index is 0.194. The van der Waals surface area contributed by atoms with Gasteiger partial charge in [-0.05, 0) is 19.4 Å². The molecular formula is C21H20N6O2. The SMILES string of the molecule is Cc1cnc(C(=O)NC(Cc2cc(=O)n3[nH]c(C)cc3n2)c2ccccc2)cn1. The van der Waals surface area contributed by atoms with Gasteiger partial charge in [-0.1, -0.05) is 30.3 Å². The lowest BCUT2D eigenvalue weighted by molar-refractivity contribution is 0.0931. The highest BCUT2D eigenvalue weighted by Gasteiger charge is 2.19. The van der Waals surface area contributed by atoms with Crippen molar-refractivity contribution in [3.05, 3.63) is 93.6 Å². The molecule has 1 amide bonds. The summed E-state index contributed by atoms with van der Waals surface area (Å²) in [7, 11) is 0. The number of nitrogens with one attached hydrogen (secondary N) is 2. The van der Waals surface area contributed by atoms with Crippen LogP contribution in [0.1, 0.15) is 39.2 Å². The second-order valence-electron chi connectivity index (χ2n) is 6.90. The van der Waals surface area contributed by atoms with Crippen molar-refractivity contribution in [1.29, 1.82) is 0 Å². The van der Waals surface area contributed by atoms with Gasteiger partial charge in [-0.15, -0.1) is 0 Å². The molecule has 0 saturated heterocycles. The second-order valence-corrected chi connectivity index (χ2v) is 6.90. The number of aromatic amines is 1. The standard InChI is InChI=1S/C21H20N6O2/c1-13-8-19-24-16(10-20(28)27(19)26-13)9-17(15-6-4-3-5-7-15)25-21(29)18-12-22-14(2)11-23-18/h3-8,10-12,17,26H,9H2,1-2H3,(H,25,29). The minimum Gasteiger partial charge on any atom is -0.343 e. The third-order valence-electron chi connectivity index (χ3n) is 4.57. The zero-order chi connectivity index (χ0) is 20.4. The maximum absolute atomic E-state index is 12.7. The number of H-pyrrole nitrogens is 1. The fourth-order valence-electron chi connectivity index (χ4n) is 3.15. The Morgan fingerprint density at radius 3 is 2.66 bits per heavy atom. The van der Waals surface area contributed by atoms with Gasteiger partial charge in [-0.3, -0.25) is 19.7 Å². The van der Waals surface area contributed by atoms with E-state index in [4.69, 9.17) is 0 Å². The Bertz CT molecular complexity index is 1210. The molecule has 0 aliphatic carbocycles. The summed E-state index contributed by atoms with van der Waals surface area (Å²) in [6.07, 6.45) is 3.37. The molecule has 2 N–H and O–H groups in total. The van der Waals surface area contributed by atoms with Crippen molar-refractivity contribution in [1.82, 2.24) is 29.9 Å². The van der Waals surface area contributed by atoms with Gasteiger partial charge in [0.2, 0.25) is 0 Å². The maximum Gasteiger partial charge on any atom is 0.272 e. The quantitative estimate of drug-likeness (QED) is 0.545. The highest BCUT2D eigenvalue weighted by Crippen LogP contribution is 2.18. The molecule has 0 fully saturated rings. The van der Waals surface area contributed by atoms with Gasteiger partial charge in [0.25, 0.3) is 11.5 Å². The van der Waals surface area contributed by atoms with E-state index in [2.05, 4.69) is 25.4 Å². The Morgan fingerprint density at radius 2 is 1.93 bits per heavy atom. The number of hydrogen-bond acceptors (Lipinski definition) is 5. The van der Waals surface area contributed by atoms with E-state index in [0.29, 0.717) is 17.8 Å². The number of carbonyl (C=O) groups is 1. The predicted octanol–water partition coefficient (Wildman–Crippen LogP) is 2.14. The maximum atomic E-state index is 12.7. The van der Waals surface area contributed by atoms with E-state index in [9.17, 15) is 9.59 Å². The van der Waals surface area contributed by atoms with Gasteiger partial charge in [0.15, 0.2) is 5.65 Å². The Labute approximate surface area is 166 Å². The summed E-state index contributed by atoms with van der Waals surface area (Å²) < 4.78 is 1.40. The van der Waals surface area contributed by atoms with Gasteiger partial charge < -0.3 is 5.32 Å². The average molecular weight is 388 g/mol. The highest BCUT2D eigenvalue weighted by atomic mass is 16.2. The van der Waals surface area contributed by atoms with Gasteiger partial charge in [-0.2, -0.15) is 0 Å². The van der Waals surface area contributed by atoms with Crippen molar-refractivity contribution < 1.29 is 4.79 Å². The number of benzene rings is 1. The number of amides is 1. The average Bonchev–Trinajstić information content (AvgIpc) is 3.09. The fourth-order valence-corrected chi connectivity index (χ4v) is 3.15. The molecule has 146 valence electrons. The molecule has 29 heavy (non-hydrogen) atoms. The van der Waals surface area contributed by atoms with Gasteiger partial charge in [-0.25, -0.2) is 14.5 Å². The molecule has 1 unspecified atom stereocenters. The summed E-state index contributed by atoms with van der Waals surface area (Å²) >= 11 is 0. The van der Waals surface area contributed by atoms with E-state index in [1.807, 2.05) is 50.2 Å². The van der Waals surface area contributed by atoms with Crippen molar-refractivity contribution in [2.75, 3.05) is 0 Å². The van der Waals surface area contributed by atoms with Crippen molar-refractivity contribution in [2.45, 2.75) is 26.3 Å². The first-order valence-electron chi connectivity index (χ1n) is 9.22. The number of fused-ring (bicyclic) bond motifs is 1. The van der Waals surface area contributed by atoms with Crippen LogP contribution in [0.4, 0.5) is 0 Å². The van der Waals surface area contributed by atoms with Crippen molar-refractivity contribution in [3.63, 3.8) is 0 Å². The van der Waals surface area contributed by atoms with Crippen LogP contribution in [0.5, 0.6) is 0 Å². The lowest BCUT2D eigenvalue weighted by Gasteiger charge is -2.19. The van der Waals surface area contributed by atoms with Crippen LogP contribution in [0.2, 0.25) is 0 Å². The molecule has 4 aromatic rings. The van der Waals surface area contributed by atoms with E-state index in [0.717, 1.165) is 17.0 Å². The number of hydrogen-bond donors (Lipinski definition) is 2. The molecule has 3 heterocycles. The van der Waals surface area contributed by atoms with E-state index in [1.54, 1.807) is 6.20 Å². The Kier molecular flexibility index (Phi) is 4.90. The summed E-state index contributed by atoms with van der Waals surface area (Å²) in [5.41, 5.74) is 3.68. The van der Waals surface area contributed by atoms with E-state index in [1.165, 1.54) is 16.8 Å². The number of aromatic nitrogens is 5. The number of aryl methyl sites for hydroxylation is 2. The third kappa shape index (κ3) is 4.06. The molecule has 8 nitrogen and oxygen atoms in total. The topological polar surface area (TPSA) is 105 Å². The van der Waals surface area contributed by atoms with Crippen LogP contribution < -0.4 is 10.9 Å². The van der Waals surface area contributed by atoms with Gasteiger partial charge in [0.05, 0.1) is 23.6 Å². The first-order valence-corrected chi connectivity index (χ1v) is 9.22. The van der Waals surface area contributed by atoms with Crippen molar-refractivity contribution in [3.8, 4) is 0 Å². The summed E-state index contributed by atoms with van der Waals surface area (Å²) in [5, 5.41) is 5.95. The van der Waals surface area contributed by atoms with Gasteiger partial charge >= 0.3 is 0 Å². The Hall–Kier alpha value is -3.81. The Morgan fingerprint density at radius 1 is 1.14 bits per heavy atom. The van der Waals surface area contributed by atoms with E-state index < -0.39 is 0 Å². The first kappa shape index (κ1) is 18.5. The molecule has 0 bridgehead atoms.